The van der Waals surface area contributed by atoms with Crippen molar-refractivity contribution in [3.05, 3.63) is 39.4 Å². The van der Waals surface area contributed by atoms with Gasteiger partial charge in [0.25, 0.3) is 0 Å². The zero-order valence-corrected chi connectivity index (χ0v) is 12.9. The number of halogens is 5. The second-order valence-electron chi connectivity index (χ2n) is 2.83. The fraction of sp³-hybridized carbons (Fsp3) is 0.111. The molecule has 16 heavy (non-hydrogen) atoms. The molecule has 0 aliphatic rings. The maximum atomic E-state index is 6.04. The van der Waals surface area contributed by atoms with Gasteiger partial charge in [-0.2, -0.15) is 0 Å². The van der Waals surface area contributed by atoms with Crippen molar-refractivity contribution in [1.29, 1.82) is 0 Å². The standard InChI is InChI=1S/C9H7Cl5OSi/c1-2-3-5-8(12)6(10)4-7(11)9(5)15-16(13)14/h2,4,16H,1,3H2. The van der Waals surface area contributed by atoms with Crippen LogP contribution < -0.4 is 4.43 Å². The van der Waals surface area contributed by atoms with Gasteiger partial charge in [-0.05, 0) is 12.5 Å². The Kier molecular flexibility index (Phi) is 5.78. The van der Waals surface area contributed by atoms with Gasteiger partial charge in [-0.15, -0.1) is 28.7 Å². The molecular weight excluding hydrogens is 329 g/mol. The molecule has 0 heterocycles. The average molecular weight is 337 g/mol. The molecule has 88 valence electrons. The van der Waals surface area contributed by atoms with E-state index in [-0.39, 0.29) is 0 Å². The lowest BCUT2D eigenvalue weighted by molar-refractivity contribution is 0.596. The van der Waals surface area contributed by atoms with Crippen molar-refractivity contribution < 1.29 is 4.43 Å². The third kappa shape index (κ3) is 3.46. The third-order valence-electron chi connectivity index (χ3n) is 1.77. The molecule has 0 saturated heterocycles. The van der Waals surface area contributed by atoms with Gasteiger partial charge in [0.1, 0.15) is 5.75 Å². The van der Waals surface area contributed by atoms with Crippen LogP contribution in [0.1, 0.15) is 5.56 Å². The van der Waals surface area contributed by atoms with E-state index in [4.69, 9.17) is 61.4 Å². The van der Waals surface area contributed by atoms with Gasteiger partial charge in [-0.3, -0.25) is 0 Å². The lowest BCUT2D eigenvalue weighted by atomic mass is 10.1. The Morgan fingerprint density at radius 3 is 2.38 bits per heavy atom. The van der Waals surface area contributed by atoms with E-state index in [1.54, 1.807) is 6.08 Å². The first-order chi connectivity index (χ1) is 7.47. The minimum absolute atomic E-state index is 0.338. The van der Waals surface area contributed by atoms with Crippen LogP contribution in [0.3, 0.4) is 0 Å². The highest BCUT2D eigenvalue weighted by molar-refractivity contribution is 7.31. The number of rotatable bonds is 4. The maximum Gasteiger partial charge on any atom is 0.433 e. The van der Waals surface area contributed by atoms with Crippen LogP contribution in [0.2, 0.25) is 15.1 Å². The van der Waals surface area contributed by atoms with E-state index in [9.17, 15) is 0 Å². The summed E-state index contributed by atoms with van der Waals surface area (Å²) in [5.74, 6) is 0.387. The molecule has 0 aliphatic heterocycles. The second-order valence-corrected chi connectivity index (χ2v) is 7.83. The molecule has 0 atom stereocenters. The summed E-state index contributed by atoms with van der Waals surface area (Å²) in [5.41, 5.74) is 0.646. The monoisotopic (exact) mass is 334 g/mol. The molecule has 1 rings (SSSR count). The SMILES string of the molecule is C=CCc1c(Cl)c(Cl)cc(Cl)c1O[SiH](Cl)Cl. The number of benzene rings is 1. The highest BCUT2D eigenvalue weighted by atomic mass is 35.7. The van der Waals surface area contributed by atoms with Gasteiger partial charge in [0.05, 0.1) is 15.1 Å². The van der Waals surface area contributed by atoms with Gasteiger partial charge in [0, 0.05) is 5.56 Å². The minimum Gasteiger partial charge on any atom is -0.519 e. The summed E-state index contributed by atoms with van der Waals surface area (Å²) in [4.78, 5) is 0. The normalized spacial score (nSPS) is 10.6. The van der Waals surface area contributed by atoms with E-state index in [1.165, 1.54) is 6.07 Å². The molecule has 0 fully saturated rings. The summed E-state index contributed by atoms with van der Waals surface area (Å²) in [6, 6.07) is 1.50. The van der Waals surface area contributed by atoms with Crippen LogP contribution in [-0.2, 0) is 6.42 Å². The number of hydrogen-bond donors (Lipinski definition) is 0. The molecule has 0 unspecified atom stereocenters. The molecule has 7 heteroatoms. The molecular formula is C9H7Cl5OSi. The van der Waals surface area contributed by atoms with Gasteiger partial charge in [0.15, 0.2) is 0 Å². The van der Waals surface area contributed by atoms with E-state index in [2.05, 4.69) is 6.58 Å². The molecule has 0 aliphatic carbocycles. The first kappa shape index (κ1) is 14.5. The van der Waals surface area contributed by atoms with E-state index in [0.717, 1.165) is 0 Å². The van der Waals surface area contributed by atoms with E-state index >= 15 is 0 Å². The summed E-state index contributed by atoms with van der Waals surface area (Å²) in [5, 5.41) is 1.08. The fourth-order valence-corrected chi connectivity index (χ4v) is 2.99. The van der Waals surface area contributed by atoms with Crippen molar-refractivity contribution >= 4 is 64.6 Å². The molecule has 0 spiro atoms. The Bertz CT molecular complexity index is 407. The molecule has 1 aromatic carbocycles. The molecule has 0 bridgehead atoms. The Labute approximate surface area is 120 Å². The molecule has 1 nitrogen and oxygen atoms in total. The van der Waals surface area contributed by atoms with Crippen molar-refractivity contribution in [2.45, 2.75) is 6.42 Å². The zero-order chi connectivity index (χ0) is 12.3. The topological polar surface area (TPSA) is 9.23 Å². The van der Waals surface area contributed by atoms with Crippen LogP contribution in [0.25, 0.3) is 0 Å². The Morgan fingerprint density at radius 1 is 1.25 bits per heavy atom. The lowest BCUT2D eigenvalue weighted by Gasteiger charge is -2.15. The van der Waals surface area contributed by atoms with Gasteiger partial charge in [-0.25, -0.2) is 0 Å². The largest absolute Gasteiger partial charge is 0.519 e. The predicted molar refractivity (Wildman–Crippen MR) is 74.9 cm³/mol. The Morgan fingerprint density at radius 2 is 1.88 bits per heavy atom. The maximum absolute atomic E-state index is 6.04. The van der Waals surface area contributed by atoms with E-state index < -0.39 is 7.66 Å². The Balaban J connectivity index is 3.31. The van der Waals surface area contributed by atoms with Crippen molar-refractivity contribution in [3.8, 4) is 5.75 Å². The van der Waals surface area contributed by atoms with E-state index in [1.807, 2.05) is 0 Å². The van der Waals surface area contributed by atoms with Crippen LogP contribution in [-0.4, -0.2) is 7.66 Å². The molecule has 1 aromatic rings. The molecule has 0 N–H and O–H groups in total. The first-order valence-corrected chi connectivity index (χ1v) is 9.29. The van der Waals surface area contributed by atoms with Crippen molar-refractivity contribution in [2.24, 2.45) is 0 Å². The fourth-order valence-electron chi connectivity index (χ4n) is 1.17. The number of allylic oxidation sites excluding steroid dienone is 1. The lowest BCUT2D eigenvalue weighted by Crippen LogP contribution is -2.08. The summed E-state index contributed by atoms with van der Waals surface area (Å²) in [6.07, 6.45) is 2.14. The molecule has 0 aromatic heterocycles. The smallest absolute Gasteiger partial charge is 0.433 e. The van der Waals surface area contributed by atoms with Crippen LogP contribution in [0.4, 0.5) is 0 Å². The predicted octanol–water partition coefficient (Wildman–Crippen LogP) is 4.95. The summed E-state index contributed by atoms with van der Waals surface area (Å²) < 4.78 is 5.31. The van der Waals surface area contributed by atoms with Crippen LogP contribution in [0, 0.1) is 0 Å². The number of hydrogen-bond acceptors (Lipinski definition) is 1. The van der Waals surface area contributed by atoms with Gasteiger partial charge >= 0.3 is 7.66 Å². The first-order valence-electron chi connectivity index (χ1n) is 4.19. The highest BCUT2D eigenvalue weighted by Crippen LogP contribution is 2.40. The summed E-state index contributed by atoms with van der Waals surface area (Å²) in [7, 11) is -2.29. The molecule has 0 amide bonds. The van der Waals surface area contributed by atoms with E-state index in [0.29, 0.717) is 32.8 Å². The second kappa shape index (κ2) is 6.38. The summed E-state index contributed by atoms with van der Waals surface area (Å²) in [6.45, 7) is 3.62. The molecule has 0 saturated carbocycles. The molecule has 0 radical (unpaired) electrons. The summed E-state index contributed by atoms with van der Waals surface area (Å²) >= 11 is 29.3. The van der Waals surface area contributed by atoms with Gasteiger partial charge in [0.2, 0.25) is 0 Å². The van der Waals surface area contributed by atoms with Crippen LogP contribution in [0.5, 0.6) is 5.75 Å². The van der Waals surface area contributed by atoms with Gasteiger partial charge < -0.3 is 4.43 Å². The van der Waals surface area contributed by atoms with Crippen LogP contribution >= 0.6 is 57.0 Å². The Hall–Kier alpha value is 0.427. The minimum atomic E-state index is -2.29. The van der Waals surface area contributed by atoms with Crippen LogP contribution in [0.15, 0.2) is 18.7 Å². The average Bonchev–Trinajstić information content (AvgIpc) is 2.19. The van der Waals surface area contributed by atoms with Crippen molar-refractivity contribution in [1.82, 2.24) is 0 Å². The zero-order valence-electron chi connectivity index (χ0n) is 7.94. The van der Waals surface area contributed by atoms with Crippen molar-refractivity contribution in [2.75, 3.05) is 0 Å². The highest BCUT2D eigenvalue weighted by Gasteiger charge is 2.18. The van der Waals surface area contributed by atoms with Gasteiger partial charge in [-0.1, -0.05) is 40.9 Å². The quantitative estimate of drug-likeness (QED) is 0.327. The third-order valence-corrected chi connectivity index (χ3v) is 3.83. The van der Waals surface area contributed by atoms with Crippen molar-refractivity contribution in [3.63, 3.8) is 0 Å².